The first-order chi connectivity index (χ1) is 12.7. The number of carbonyl (C=O) groups is 1. The average Bonchev–Trinajstić information content (AvgIpc) is 3.04. The number of aromatic amines is 1. The van der Waals surface area contributed by atoms with Gasteiger partial charge in [0, 0.05) is 42.5 Å². The fourth-order valence-electron chi connectivity index (χ4n) is 3.26. The minimum absolute atomic E-state index is 0.0900. The number of nitrogens with one attached hydrogen (secondary N) is 2. The van der Waals surface area contributed by atoms with Gasteiger partial charge in [-0.25, -0.2) is 4.68 Å². The topological polar surface area (TPSA) is 92.2 Å². The summed E-state index contributed by atoms with van der Waals surface area (Å²) in [4.78, 5) is 30.1. The van der Waals surface area contributed by atoms with Crippen LogP contribution in [0.1, 0.15) is 0 Å². The second kappa shape index (κ2) is 7.27. The molecule has 0 radical (unpaired) electrons. The maximum Gasteiger partial charge on any atom is 0.291 e. The molecule has 2 N–H and O–H groups in total. The number of benzene rings is 1. The number of rotatable bonds is 5. The van der Waals surface area contributed by atoms with E-state index >= 15 is 0 Å². The molecule has 1 aliphatic heterocycles. The van der Waals surface area contributed by atoms with Crippen molar-refractivity contribution in [3.63, 3.8) is 0 Å². The molecule has 26 heavy (non-hydrogen) atoms. The largest absolute Gasteiger partial charge is 0.379 e. The quantitative estimate of drug-likeness (QED) is 0.688. The van der Waals surface area contributed by atoms with Gasteiger partial charge in [-0.1, -0.05) is 18.2 Å². The van der Waals surface area contributed by atoms with Gasteiger partial charge in [0.2, 0.25) is 5.91 Å². The summed E-state index contributed by atoms with van der Waals surface area (Å²) in [5, 5.41) is 8.74. The Morgan fingerprint density at radius 2 is 2.04 bits per heavy atom. The van der Waals surface area contributed by atoms with Crippen molar-refractivity contribution < 1.29 is 9.53 Å². The van der Waals surface area contributed by atoms with E-state index in [1.165, 1.54) is 4.68 Å². The number of ether oxygens (including phenoxy) is 1. The van der Waals surface area contributed by atoms with Crippen LogP contribution in [0.2, 0.25) is 0 Å². The summed E-state index contributed by atoms with van der Waals surface area (Å²) in [6.07, 6.45) is 1.64. The van der Waals surface area contributed by atoms with E-state index in [2.05, 4.69) is 20.3 Å². The van der Waals surface area contributed by atoms with Gasteiger partial charge in [-0.15, -0.1) is 0 Å². The van der Waals surface area contributed by atoms with Crippen LogP contribution in [0.5, 0.6) is 0 Å². The SMILES string of the molecule is O=C(Cn1ncc2c([nH]c3ccccc32)c1=O)NCCN1CCOCC1. The lowest BCUT2D eigenvalue weighted by atomic mass is 10.2. The van der Waals surface area contributed by atoms with Gasteiger partial charge in [0.05, 0.1) is 19.4 Å². The molecule has 3 heterocycles. The number of amides is 1. The molecule has 0 unspecified atom stereocenters. The molecule has 0 bridgehead atoms. The van der Waals surface area contributed by atoms with Crippen LogP contribution in [0, 0.1) is 0 Å². The first-order valence-electron chi connectivity index (χ1n) is 8.76. The van der Waals surface area contributed by atoms with Crippen LogP contribution in [0.25, 0.3) is 21.8 Å². The lowest BCUT2D eigenvalue weighted by molar-refractivity contribution is -0.122. The highest BCUT2D eigenvalue weighted by Crippen LogP contribution is 2.21. The number of nitrogens with zero attached hydrogens (tertiary/aromatic N) is 3. The Balaban J connectivity index is 1.43. The molecular weight excluding hydrogens is 334 g/mol. The monoisotopic (exact) mass is 355 g/mol. The number of H-pyrrole nitrogens is 1. The number of para-hydroxylation sites is 1. The van der Waals surface area contributed by atoms with Crippen LogP contribution in [0.4, 0.5) is 0 Å². The standard InChI is InChI=1S/C18H21N5O3/c24-16(19-5-6-22-7-9-26-10-8-22)12-23-18(25)17-14(11-20-23)13-3-1-2-4-15(13)21-17/h1-4,11,21H,5-10,12H2,(H,19,24). The Hall–Kier alpha value is -2.71. The summed E-state index contributed by atoms with van der Waals surface area (Å²) in [5.41, 5.74) is 1.07. The van der Waals surface area contributed by atoms with Crippen LogP contribution in [0.15, 0.2) is 35.3 Å². The predicted octanol–water partition coefficient (Wildman–Crippen LogP) is 0.326. The van der Waals surface area contributed by atoms with E-state index in [-0.39, 0.29) is 18.0 Å². The Kier molecular flexibility index (Phi) is 4.68. The summed E-state index contributed by atoms with van der Waals surface area (Å²) < 4.78 is 6.49. The molecule has 0 spiro atoms. The lowest BCUT2D eigenvalue weighted by Gasteiger charge is -2.26. The van der Waals surface area contributed by atoms with Gasteiger partial charge in [-0.05, 0) is 6.07 Å². The Labute approximate surface area is 149 Å². The molecule has 3 aromatic rings. The molecule has 8 nitrogen and oxygen atoms in total. The van der Waals surface area contributed by atoms with Crippen molar-refractivity contribution in [2.75, 3.05) is 39.4 Å². The lowest BCUT2D eigenvalue weighted by Crippen LogP contribution is -2.42. The number of hydrogen-bond donors (Lipinski definition) is 2. The molecule has 0 atom stereocenters. The first-order valence-corrected chi connectivity index (χ1v) is 8.76. The van der Waals surface area contributed by atoms with Crippen molar-refractivity contribution in [3.8, 4) is 0 Å². The molecule has 0 saturated carbocycles. The van der Waals surface area contributed by atoms with E-state index in [1.54, 1.807) is 6.20 Å². The van der Waals surface area contributed by atoms with Gasteiger partial charge in [-0.3, -0.25) is 14.5 Å². The van der Waals surface area contributed by atoms with Crippen molar-refractivity contribution in [2.45, 2.75) is 6.54 Å². The molecule has 2 aromatic heterocycles. The fraction of sp³-hybridized carbons (Fsp3) is 0.389. The second-order valence-electron chi connectivity index (χ2n) is 6.37. The number of carbonyl (C=O) groups excluding carboxylic acids is 1. The molecular formula is C18H21N5O3. The maximum absolute atomic E-state index is 12.6. The van der Waals surface area contributed by atoms with Crippen LogP contribution in [-0.2, 0) is 16.1 Å². The van der Waals surface area contributed by atoms with Gasteiger partial charge in [0.25, 0.3) is 5.56 Å². The second-order valence-corrected chi connectivity index (χ2v) is 6.37. The molecule has 0 aliphatic carbocycles. The zero-order valence-electron chi connectivity index (χ0n) is 14.4. The first kappa shape index (κ1) is 16.7. The zero-order chi connectivity index (χ0) is 17.9. The van der Waals surface area contributed by atoms with Crippen LogP contribution >= 0.6 is 0 Å². The number of hydrogen-bond acceptors (Lipinski definition) is 5. The third kappa shape index (κ3) is 3.33. The van der Waals surface area contributed by atoms with Gasteiger partial charge >= 0.3 is 0 Å². The highest BCUT2D eigenvalue weighted by molar-refractivity contribution is 6.06. The van der Waals surface area contributed by atoms with Gasteiger partial charge in [0.1, 0.15) is 12.1 Å². The predicted molar refractivity (Wildman–Crippen MR) is 98.1 cm³/mol. The van der Waals surface area contributed by atoms with E-state index < -0.39 is 0 Å². The van der Waals surface area contributed by atoms with Gasteiger partial charge in [0.15, 0.2) is 0 Å². The molecule has 4 rings (SSSR count). The minimum Gasteiger partial charge on any atom is -0.379 e. The van der Waals surface area contributed by atoms with Crippen molar-refractivity contribution in [2.24, 2.45) is 0 Å². The van der Waals surface area contributed by atoms with E-state index in [0.29, 0.717) is 12.1 Å². The van der Waals surface area contributed by atoms with Crippen LogP contribution in [0.3, 0.4) is 0 Å². The van der Waals surface area contributed by atoms with Crippen molar-refractivity contribution in [1.82, 2.24) is 25.0 Å². The summed E-state index contributed by atoms with van der Waals surface area (Å²) in [7, 11) is 0. The minimum atomic E-state index is -0.290. The van der Waals surface area contributed by atoms with Crippen molar-refractivity contribution in [3.05, 3.63) is 40.8 Å². The molecule has 1 aliphatic rings. The van der Waals surface area contributed by atoms with Crippen LogP contribution < -0.4 is 10.9 Å². The maximum atomic E-state index is 12.6. The number of aromatic nitrogens is 3. The Morgan fingerprint density at radius 1 is 1.23 bits per heavy atom. The molecule has 1 fully saturated rings. The number of fused-ring (bicyclic) bond motifs is 3. The highest BCUT2D eigenvalue weighted by atomic mass is 16.5. The smallest absolute Gasteiger partial charge is 0.291 e. The summed E-state index contributed by atoms with van der Waals surface area (Å²) in [6.45, 7) is 4.46. The molecule has 1 amide bonds. The van der Waals surface area contributed by atoms with Gasteiger partial charge < -0.3 is 15.0 Å². The fourth-order valence-corrected chi connectivity index (χ4v) is 3.26. The van der Waals surface area contributed by atoms with E-state index in [4.69, 9.17) is 4.74 Å². The summed E-state index contributed by atoms with van der Waals surface area (Å²) in [5.74, 6) is -0.219. The summed E-state index contributed by atoms with van der Waals surface area (Å²) in [6, 6.07) is 7.68. The Bertz CT molecular complexity index is 987. The third-order valence-electron chi connectivity index (χ3n) is 4.67. The van der Waals surface area contributed by atoms with Gasteiger partial charge in [-0.2, -0.15) is 5.10 Å². The van der Waals surface area contributed by atoms with E-state index in [1.807, 2.05) is 24.3 Å². The highest BCUT2D eigenvalue weighted by Gasteiger charge is 2.13. The van der Waals surface area contributed by atoms with Crippen molar-refractivity contribution in [1.29, 1.82) is 0 Å². The normalized spacial score (nSPS) is 15.5. The molecule has 1 aromatic carbocycles. The van der Waals surface area contributed by atoms with Crippen molar-refractivity contribution >= 4 is 27.7 Å². The molecule has 136 valence electrons. The van der Waals surface area contributed by atoms with Crippen LogP contribution in [-0.4, -0.2) is 65.0 Å². The van der Waals surface area contributed by atoms with E-state index in [9.17, 15) is 9.59 Å². The average molecular weight is 355 g/mol. The third-order valence-corrected chi connectivity index (χ3v) is 4.67. The van der Waals surface area contributed by atoms with E-state index in [0.717, 1.165) is 49.1 Å². The summed E-state index contributed by atoms with van der Waals surface area (Å²) >= 11 is 0. The Morgan fingerprint density at radius 3 is 2.88 bits per heavy atom. The molecule has 8 heteroatoms. The zero-order valence-corrected chi connectivity index (χ0v) is 14.4. The number of morpholine rings is 1. The molecule has 1 saturated heterocycles.